The molecular weight excluding hydrogens is 348 g/mol. The molecule has 0 aromatic heterocycles. The second kappa shape index (κ2) is 8.37. The van der Waals surface area contributed by atoms with Crippen molar-refractivity contribution in [1.82, 2.24) is 4.90 Å². The lowest BCUT2D eigenvalue weighted by Crippen LogP contribution is -2.48. The molecule has 136 valence electrons. The van der Waals surface area contributed by atoms with E-state index in [1.54, 1.807) is 6.92 Å². The third kappa shape index (κ3) is 4.64. The number of rotatable bonds is 5. The van der Waals surface area contributed by atoms with Crippen molar-refractivity contribution < 1.29 is 9.59 Å². The fourth-order valence-corrected chi connectivity index (χ4v) is 3.31. The number of Topliss-reactive ketones (excluding diaryl/α,β-unsaturated/α-hetero) is 1. The molecule has 4 nitrogen and oxygen atoms in total. The first-order valence-electron chi connectivity index (χ1n) is 8.91. The summed E-state index contributed by atoms with van der Waals surface area (Å²) in [6.07, 6.45) is 1.20. The van der Waals surface area contributed by atoms with Crippen molar-refractivity contribution in [2.45, 2.75) is 19.8 Å². The number of hydrogen-bond donors (Lipinski definition) is 0. The number of carbonyl (C=O) groups excluding carboxylic acids is 2. The Balaban J connectivity index is 1.47. The van der Waals surface area contributed by atoms with Crippen molar-refractivity contribution >= 4 is 29.0 Å². The van der Waals surface area contributed by atoms with Crippen LogP contribution in [0.5, 0.6) is 0 Å². The molecule has 2 aromatic rings. The summed E-state index contributed by atoms with van der Waals surface area (Å²) in [7, 11) is 0. The van der Waals surface area contributed by atoms with Crippen LogP contribution >= 0.6 is 11.6 Å². The highest BCUT2D eigenvalue weighted by Gasteiger charge is 2.21. The Morgan fingerprint density at radius 3 is 2.12 bits per heavy atom. The molecule has 0 aliphatic carbocycles. The van der Waals surface area contributed by atoms with Gasteiger partial charge in [-0.1, -0.05) is 35.9 Å². The number of anilines is 1. The van der Waals surface area contributed by atoms with Crippen LogP contribution in [0.1, 0.15) is 29.3 Å². The number of piperazine rings is 1. The first-order valence-corrected chi connectivity index (χ1v) is 9.29. The maximum atomic E-state index is 12.5. The summed E-state index contributed by atoms with van der Waals surface area (Å²) < 4.78 is 0. The predicted octanol–water partition coefficient (Wildman–Crippen LogP) is 3.82. The zero-order valence-electron chi connectivity index (χ0n) is 15.0. The highest BCUT2D eigenvalue weighted by molar-refractivity contribution is 6.30. The molecule has 26 heavy (non-hydrogen) atoms. The summed E-state index contributed by atoms with van der Waals surface area (Å²) in [6.45, 7) is 4.71. The van der Waals surface area contributed by atoms with E-state index in [1.165, 1.54) is 0 Å². The van der Waals surface area contributed by atoms with Crippen molar-refractivity contribution in [3.63, 3.8) is 0 Å². The Bertz CT molecular complexity index is 764. The lowest BCUT2D eigenvalue weighted by Gasteiger charge is -2.36. The van der Waals surface area contributed by atoms with E-state index in [0.29, 0.717) is 18.4 Å². The minimum Gasteiger partial charge on any atom is -0.368 e. The Morgan fingerprint density at radius 2 is 1.54 bits per heavy atom. The zero-order valence-corrected chi connectivity index (χ0v) is 15.7. The Kier molecular flexibility index (Phi) is 5.94. The smallest absolute Gasteiger partial charge is 0.223 e. The van der Waals surface area contributed by atoms with Crippen LogP contribution < -0.4 is 4.90 Å². The number of aryl methyl sites for hydroxylation is 1. The van der Waals surface area contributed by atoms with Gasteiger partial charge in [0.25, 0.3) is 0 Å². The largest absolute Gasteiger partial charge is 0.368 e. The molecule has 0 bridgehead atoms. The van der Waals surface area contributed by atoms with Crippen molar-refractivity contribution in [1.29, 1.82) is 0 Å². The minimum absolute atomic E-state index is 0.0613. The van der Waals surface area contributed by atoms with Gasteiger partial charge in [-0.15, -0.1) is 0 Å². The number of halogens is 1. The third-order valence-corrected chi connectivity index (χ3v) is 5.06. The van der Waals surface area contributed by atoms with E-state index in [1.807, 2.05) is 53.4 Å². The topological polar surface area (TPSA) is 40.6 Å². The number of benzene rings is 2. The molecule has 0 unspecified atom stereocenters. The maximum absolute atomic E-state index is 12.5. The normalized spacial score (nSPS) is 14.4. The van der Waals surface area contributed by atoms with Gasteiger partial charge in [0, 0.05) is 48.9 Å². The van der Waals surface area contributed by atoms with E-state index in [-0.39, 0.29) is 11.7 Å². The second-order valence-corrected chi connectivity index (χ2v) is 7.03. The van der Waals surface area contributed by atoms with Crippen LogP contribution in [-0.4, -0.2) is 42.8 Å². The van der Waals surface area contributed by atoms with Crippen molar-refractivity contribution in [2.75, 3.05) is 31.1 Å². The minimum atomic E-state index is 0.0613. The number of ketones is 1. The van der Waals surface area contributed by atoms with Crippen LogP contribution in [0, 0.1) is 0 Å². The summed E-state index contributed by atoms with van der Waals surface area (Å²) >= 11 is 5.94. The molecule has 3 rings (SSSR count). The van der Waals surface area contributed by atoms with Crippen LogP contribution in [0.25, 0.3) is 0 Å². The molecule has 0 N–H and O–H groups in total. The van der Waals surface area contributed by atoms with Crippen LogP contribution in [0.2, 0.25) is 5.02 Å². The SMILES string of the molecule is CC(=O)c1ccc(CCC(=O)N2CCN(c3ccc(Cl)cc3)CC2)cc1. The van der Waals surface area contributed by atoms with Crippen molar-refractivity contribution in [3.05, 3.63) is 64.7 Å². The highest BCUT2D eigenvalue weighted by Crippen LogP contribution is 2.20. The van der Waals surface area contributed by atoms with Gasteiger partial charge in [0.2, 0.25) is 5.91 Å². The van der Waals surface area contributed by atoms with E-state index in [4.69, 9.17) is 11.6 Å². The molecular formula is C21H23ClN2O2. The maximum Gasteiger partial charge on any atom is 0.223 e. The lowest BCUT2D eigenvalue weighted by molar-refractivity contribution is -0.131. The van der Waals surface area contributed by atoms with E-state index in [9.17, 15) is 9.59 Å². The summed E-state index contributed by atoms with van der Waals surface area (Å²) in [5.41, 5.74) is 2.94. The van der Waals surface area contributed by atoms with E-state index in [0.717, 1.165) is 42.5 Å². The van der Waals surface area contributed by atoms with Gasteiger partial charge in [-0.05, 0) is 43.2 Å². The molecule has 1 amide bonds. The average molecular weight is 371 g/mol. The van der Waals surface area contributed by atoms with E-state index < -0.39 is 0 Å². The van der Waals surface area contributed by atoms with E-state index in [2.05, 4.69) is 4.90 Å². The molecule has 1 aliphatic rings. The molecule has 0 saturated carbocycles. The predicted molar refractivity (Wildman–Crippen MR) is 105 cm³/mol. The molecule has 2 aromatic carbocycles. The quantitative estimate of drug-likeness (QED) is 0.751. The second-order valence-electron chi connectivity index (χ2n) is 6.60. The number of nitrogens with zero attached hydrogens (tertiary/aromatic N) is 2. The fourth-order valence-electron chi connectivity index (χ4n) is 3.18. The highest BCUT2D eigenvalue weighted by atomic mass is 35.5. The fraction of sp³-hybridized carbons (Fsp3) is 0.333. The van der Waals surface area contributed by atoms with Gasteiger partial charge in [0.05, 0.1) is 0 Å². The van der Waals surface area contributed by atoms with Gasteiger partial charge in [0.1, 0.15) is 0 Å². The first-order chi connectivity index (χ1) is 12.5. The third-order valence-electron chi connectivity index (χ3n) is 4.81. The zero-order chi connectivity index (χ0) is 18.5. The lowest BCUT2D eigenvalue weighted by atomic mass is 10.1. The van der Waals surface area contributed by atoms with Gasteiger partial charge in [-0.3, -0.25) is 9.59 Å². The summed E-state index contributed by atoms with van der Waals surface area (Å²) in [5.74, 6) is 0.252. The van der Waals surface area contributed by atoms with Gasteiger partial charge >= 0.3 is 0 Å². The Hall–Kier alpha value is -2.33. The van der Waals surface area contributed by atoms with Gasteiger partial charge in [-0.25, -0.2) is 0 Å². The van der Waals surface area contributed by atoms with Gasteiger partial charge in [0.15, 0.2) is 5.78 Å². The van der Waals surface area contributed by atoms with Crippen molar-refractivity contribution in [2.24, 2.45) is 0 Å². The van der Waals surface area contributed by atoms with Crippen molar-refractivity contribution in [3.8, 4) is 0 Å². The molecule has 1 saturated heterocycles. The van der Waals surface area contributed by atoms with Crippen LogP contribution in [-0.2, 0) is 11.2 Å². The number of hydrogen-bond acceptors (Lipinski definition) is 3. The molecule has 0 atom stereocenters. The van der Waals surface area contributed by atoms with Crippen LogP contribution in [0.15, 0.2) is 48.5 Å². The molecule has 1 aliphatic heterocycles. The monoisotopic (exact) mass is 370 g/mol. The Labute approximate surface area is 159 Å². The van der Waals surface area contributed by atoms with Crippen LogP contribution in [0.4, 0.5) is 5.69 Å². The molecule has 1 fully saturated rings. The Morgan fingerprint density at radius 1 is 0.923 bits per heavy atom. The van der Waals surface area contributed by atoms with Crippen LogP contribution in [0.3, 0.4) is 0 Å². The molecule has 0 radical (unpaired) electrons. The van der Waals surface area contributed by atoms with E-state index >= 15 is 0 Å². The molecule has 5 heteroatoms. The summed E-state index contributed by atoms with van der Waals surface area (Å²) in [6, 6.07) is 15.3. The summed E-state index contributed by atoms with van der Waals surface area (Å²) in [5, 5.41) is 0.735. The summed E-state index contributed by atoms with van der Waals surface area (Å²) in [4.78, 5) is 28.0. The number of amides is 1. The average Bonchev–Trinajstić information content (AvgIpc) is 2.67. The number of carbonyl (C=O) groups is 2. The molecule has 1 heterocycles. The molecule has 0 spiro atoms. The van der Waals surface area contributed by atoms with Gasteiger partial charge < -0.3 is 9.80 Å². The standard InChI is InChI=1S/C21H23ClN2O2/c1-16(25)18-5-2-17(3-6-18)4-11-21(26)24-14-12-23(13-15-24)20-9-7-19(22)8-10-20/h2-3,5-10H,4,11-15H2,1H3. The van der Waals surface area contributed by atoms with Gasteiger partial charge in [-0.2, -0.15) is 0 Å². The first kappa shape index (κ1) is 18.5.